The molecule has 0 aliphatic rings. The number of aromatic nitrogens is 1. The fraction of sp³-hybridized carbons (Fsp3) is 0.143. The van der Waals surface area contributed by atoms with Crippen molar-refractivity contribution in [1.29, 1.82) is 0 Å². The first kappa shape index (κ1) is 14.8. The lowest BCUT2D eigenvalue weighted by molar-refractivity contribution is 0.0695. The summed E-state index contributed by atoms with van der Waals surface area (Å²) in [6, 6.07) is 1.46. The average Bonchev–Trinajstić information content (AvgIpc) is 2.34. The van der Waals surface area contributed by atoms with Crippen LogP contribution in [0.4, 0.5) is 0 Å². The van der Waals surface area contributed by atoms with Crippen molar-refractivity contribution in [3.05, 3.63) is 53.7 Å². The monoisotopic (exact) mass is 231 g/mol. The highest BCUT2D eigenvalue weighted by Crippen LogP contribution is 1.87. The van der Waals surface area contributed by atoms with E-state index in [-0.39, 0.29) is 5.56 Å². The SMILES string of the molecule is C=C/C=c1/c(C(=O)O)ccn/c1=C/C=C.CC. The van der Waals surface area contributed by atoms with Crippen LogP contribution in [0, 0.1) is 0 Å². The van der Waals surface area contributed by atoms with Crippen molar-refractivity contribution < 1.29 is 9.90 Å². The predicted molar refractivity (Wildman–Crippen MR) is 71.1 cm³/mol. The minimum absolute atomic E-state index is 0.206. The molecule has 1 N–H and O–H groups in total. The van der Waals surface area contributed by atoms with Crippen LogP contribution in [0.3, 0.4) is 0 Å². The van der Waals surface area contributed by atoms with Crippen molar-refractivity contribution >= 4 is 18.1 Å². The smallest absolute Gasteiger partial charge is 0.336 e. The zero-order valence-corrected chi connectivity index (χ0v) is 10.2. The maximum absolute atomic E-state index is 10.9. The molecule has 0 fully saturated rings. The second-order valence-corrected chi connectivity index (χ2v) is 2.77. The van der Waals surface area contributed by atoms with Crippen LogP contribution in [0.2, 0.25) is 0 Å². The number of carbonyl (C=O) groups is 1. The second-order valence-electron chi connectivity index (χ2n) is 2.77. The van der Waals surface area contributed by atoms with Crippen LogP contribution < -0.4 is 10.6 Å². The molecule has 0 saturated heterocycles. The maximum atomic E-state index is 10.9. The van der Waals surface area contributed by atoms with E-state index in [9.17, 15) is 4.79 Å². The highest BCUT2D eigenvalue weighted by atomic mass is 16.4. The standard InChI is InChI=1S/C12H11NO2.C2H6/c1-3-5-9-10(12(14)15)7-8-13-11(9)6-4-2;1-2/h3-8H,1-2H2,(H,14,15);1-2H3/b9-5-,11-6+;. The molecule has 17 heavy (non-hydrogen) atoms. The van der Waals surface area contributed by atoms with Gasteiger partial charge in [0.05, 0.1) is 10.9 Å². The van der Waals surface area contributed by atoms with Gasteiger partial charge in [-0.3, -0.25) is 4.98 Å². The lowest BCUT2D eigenvalue weighted by atomic mass is 10.2. The number of aromatic carboxylic acids is 1. The van der Waals surface area contributed by atoms with Gasteiger partial charge < -0.3 is 5.11 Å². The maximum Gasteiger partial charge on any atom is 0.336 e. The molecule has 1 aromatic rings. The van der Waals surface area contributed by atoms with E-state index in [0.29, 0.717) is 10.6 Å². The van der Waals surface area contributed by atoms with E-state index in [2.05, 4.69) is 18.1 Å². The minimum atomic E-state index is -0.982. The number of hydrogen-bond donors (Lipinski definition) is 1. The molecule has 3 heteroatoms. The van der Waals surface area contributed by atoms with Crippen LogP contribution in [0.25, 0.3) is 12.2 Å². The largest absolute Gasteiger partial charge is 0.478 e. The molecular weight excluding hydrogens is 214 g/mol. The molecule has 3 nitrogen and oxygen atoms in total. The van der Waals surface area contributed by atoms with Gasteiger partial charge in [0.15, 0.2) is 0 Å². The third-order valence-electron chi connectivity index (χ3n) is 1.81. The molecule has 0 atom stereocenters. The summed E-state index contributed by atoms with van der Waals surface area (Å²) in [7, 11) is 0. The van der Waals surface area contributed by atoms with E-state index in [1.807, 2.05) is 13.8 Å². The predicted octanol–water partition coefficient (Wildman–Crippen LogP) is 1.74. The summed E-state index contributed by atoms with van der Waals surface area (Å²) in [4.78, 5) is 15.0. The first-order chi connectivity index (χ1) is 8.20. The summed E-state index contributed by atoms with van der Waals surface area (Å²) < 4.78 is 0. The Labute approximate surface area is 101 Å². The van der Waals surface area contributed by atoms with Gasteiger partial charge in [-0.2, -0.15) is 0 Å². The molecule has 0 saturated carbocycles. The van der Waals surface area contributed by atoms with Gasteiger partial charge in [-0.15, -0.1) is 0 Å². The summed E-state index contributed by atoms with van der Waals surface area (Å²) in [5.41, 5.74) is 0.206. The van der Waals surface area contributed by atoms with E-state index in [1.165, 1.54) is 18.3 Å². The van der Waals surface area contributed by atoms with Gasteiger partial charge in [0.1, 0.15) is 0 Å². The molecule has 0 amide bonds. The molecular formula is C14H17NO2. The number of carboxylic acid groups (broad SMARTS) is 1. The highest BCUT2D eigenvalue weighted by Gasteiger charge is 2.04. The van der Waals surface area contributed by atoms with Crippen molar-refractivity contribution in [2.24, 2.45) is 0 Å². The van der Waals surface area contributed by atoms with E-state index >= 15 is 0 Å². The zero-order chi connectivity index (χ0) is 13.3. The van der Waals surface area contributed by atoms with Gasteiger partial charge in [0.25, 0.3) is 0 Å². The number of nitrogens with zero attached hydrogens (tertiary/aromatic N) is 1. The second kappa shape index (κ2) is 8.05. The van der Waals surface area contributed by atoms with Crippen molar-refractivity contribution in [3.8, 4) is 0 Å². The number of hydrogen-bond acceptors (Lipinski definition) is 2. The highest BCUT2D eigenvalue weighted by molar-refractivity contribution is 5.88. The van der Waals surface area contributed by atoms with Gasteiger partial charge in [-0.1, -0.05) is 45.2 Å². The number of allylic oxidation sites excluding steroid dienone is 2. The summed E-state index contributed by atoms with van der Waals surface area (Å²) in [5, 5.41) is 10.1. The molecule has 0 aliphatic carbocycles. The van der Waals surface area contributed by atoms with Crippen LogP contribution in [-0.2, 0) is 0 Å². The minimum Gasteiger partial charge on any atom is -0.478 e. The van der Waals surface area contributed by atoms with Crippen LogP contribution in [0.15, 0.2) is 37.6 Å². The van der Waals surface area contributed by atoms with Gasteiger partial charge >= 0.3 is 5.97 Å². The molecule has 1 rings (SSSR count). The third kappa shape index (κ3) is 4.07. The quantitative estimate of drug-likeness (QED) is 0.862. The van der Waals surface area contributed by atoms with Crippen molar-refractivity contribution in [1.82, 2.24) is 4.98 Å². The molecule has 1 aromatic heterocycles. The Morgan fingerprint density at radius 1 is 1.29 bits per heavy atom. The summed E-state index contributed by atoms with van der Waals surface area (Å²) >= 11 is 0. The lowest BCUT2D eigenvalue weighted by Gasteiger charge is -1.95. The lowest BCUT2D eigenvalue weighted by Crippen LogP contribution is -2.33. The molecule has 0 bridgehead atoms. The van der Waals surface area contributed by atoms with Crippen molar-refractivity contribution in [2.45, 2.75) is 13.8 Å². The summed E-state index contributed by atoms with van der Waals surface area (Å²) in [6.07, 6.45) is 7.82. The molecule has 1 heterocycles. The van der Waals surface area contributed by atoms with Crippen LogP contribution in [-0.4, -0.2) is 16.1 Å². The van der Waals surface area contributed by atoms with Crippen molar-refractivity contribution in [3.63, 3.8) is 0 Å². The Hall–Kier alpha value is -2.16. The number of pyridine rings is 1. The number of rotatable bonds is 3. The van der Waals surface area contributed by atoms with Crippen LogP contribution in [0.1, 0.15) is 24.2 Å². The normalized spacial score (nSPS) is 11.4. The Morgan fingerprint density at radius 3 is 2.35 bits per heavy atom. The topological polar surface area (TPSA) is 50.2 Å². The van der Waals surface area contributed by atoms with Crippen LogP contribution in [0.5, 0.6) is 0 Å². The van der Waals surface area contributed by atoms with E-state index in [0.717, 1.165) is 0 Å². The molecule has 90 valence electrons. The fourth-order valence-electron chi connectivity index (χ4n) is 1.21. The van der Waals surface area contributed by atoms with E-state index in [4.69, 9.17) is 5.11 Å². The molecule has 0 unspecified atom stereocenters. The van der Waals surface area contributed by atoms with E-state index in [1.54, 1.807) is 18.2 Å². The molecule has 0 spiro atoms. The van der Waals surface area contributed by atoms with Crippen LogP contribution >= 0.6 is 0 Å². The Kier molecular flexibility index (Phi) is 7.02. The molecule has 0 aromatic carbocycles. The van der Waals surface area contributed by atoms with Crippen molar-refractivity contribution in [2.75, 3.05) is 0 Å². The fourth-order valence-corrected chi connectivity index (χ4v) is 1.21. The summed E-state index contributed by atoms with van der Waals surface area (Å²) in [6.45, 7) is 11.1. The molecule has 0 aliphatic heterocycles. The summed E-state index contributed by atoms with van der Waals surface area (Å²) in [5.74, 6) is -0.982. The third-order valence-corrected chi connectivity index (χ3v) is 1.81. The zero-order valence-electron chi connectivity index (χ0n) is 10.2. The van der Waals surface area contributed by atoms with E-state index < -0.39 is 5.97 Å². The average molecular weight is 231 g/mol. The van der Waals surface area contributed by atoms with Gasteiger partial charge in [0.2, 0.25) is 0 Å². The van der Waals surface area contributed by atoms with Gasteiger partial charge in [-0.05, 0) is 12.1 Å². The van der Waals surface area contributed by atoms with Gasteiger partial charge in [-0.25, -0.2) is 4.79 Å². The Morgan fingerprint density at radius 2 is 1.88 bits per heavy atom. The molecule has 0 radical (unpaired) electrons. The van der Waals surface area contributed by atoms with Gasteiger partial charge in [0, 0.05) is 11.4 Å². The first-order valence-electron chi connectivity index (χ1n) is 5.34. The Balaban J connectivity index is 0.00000121. The Bertz CT molecular complexity index is 516. The first-order valence-corrected chi connectivity index (χ1v) is 5.34. The number of carboxylic acids is 1.